The molecule has 12 nitrogen and oxygen atoms in total. The lowest BCUT2D eigenvalue weighted by Crippen LogP contribution is -2.48. The number of Topliss-reactive ketones (excluding diaryl/α,β-unsaturated/α-hetero) is 1. The van der Waals surface area contributed by atoms with Crippen LogP contribution in [0.1, 0.15) is 49.1 Å². The number of nitriles is 1. The highest BCUT2D eigenvalue weighted by atomic mass is 35.5. The highest BCUT2D eigenvalue weighted by molar-refractivity contribution is 6.32. The largest absolute Gasteiger partial charge is 0.461 e. The van der Waals surface area contributed by atoms with Gasteiger partial charge in [-0.25, -0.2) is 9.67 Å². The van der Waals surface area contributed by atoms with Gasteiger partial charge in [0.25, 0.3) is 11.7 Å². The third-order valence-electron chi connectivity index (χ3n) is 6.54. The van der Waals surface area contributed by atoms with Crippen LogP contribution in [-0.4, -0.2) is 72.1 Å². The van der Waals surface area contributed by atoms with E-state index in [0.29, 0.717) is 29.1 Å². The number of carbonyl (C=O) groups is 2. The van der Waals surface area contributed by atoms with E-state index in [2.05, 4.69) is 30.8 Å². The molecule has 0 unspecified atom stereocenters. The molecule has 1 aromatic carbocycles. The summed E-state index contributed by atoms with van der Waals surface area (Å²) in [5.41, 5.74) is 0.980. The quantitative estimate of drug-likeness (QED) is 0.215. The normalized spacial score (nSPS) is 13.8. The van der Waals surface area contributed by atoms with E-state index in [1.54, 1.807) is 6.92 Å². The molecule has 0 saturated carbocycles. The molecule has 3 aromatic heterocycles. The zero-order chi connectivity index (χ0) is 31.8. The highest BCUT2D eigenvalue weighted by Crippen LogP contribution is 2.41. The van der Waals surface area contributed by atoms with Crippen LogP contribution in [0, 0.1) is 18.3 Å². The van der Waals surface area contributed by atoms with Gasteiger partial charge in [-0.3, -0.25) is 9.59 Å². The number of amides is 1. The number of benzene rings is 1. The van der Waals surface area contributed by atoms with Gasteiger partial charge in [-0.15, -0.1) is 10.2 Å². The fourth-order valence-corrected chi connectivity index (χ4v) is 4.46. The van der Waals surface area contributed by atoms with Gasteiger partial charge in [0.2, 0.25) is 0 Å². The molecule has 0 atom stereocenters. The lowest BCUT2D eigenvalue weighted by Gasteiger charge is -2.27. The standard InChI is InChI=1S/C26H19ClF5N9O3/c1-13-5-14(9-33)6-18(23(43)35-16-11-44-12-16)17(13)8-21(42)20-7-15(37-41(20)22-19(27)3-2-4-34-22)10-40-38-24(36-39-40)25(28,29)26(30,31)32/h2-7,16H,8,10-12H2,1H3,(H,35,43). The van der Waals surface area contributed by atoms with Crippen LogP contribution >= 0.6 is 11.6 Å². The van der Waals surface area contributed by atoms with E-state index in [4.69, 9.17) is 16.3 Å². The van der Waals surface area contributed by atoms with Crippen molar-refractivity contribution in [1.82, 2.24) is 40.3 Å². The zero-order valence-corrected chi connectivity index (χ0v) is 23.2. The number of carbonyl (C=O) groups excluding carboxylic acids is 2. The van der Waals surface area contributed by atoms with Crippen molar-refractivity contribution in [3.8, 4) is 11.9 Å². The maximum Gasteiger partial charge on any atom is 0.461 e. The average molecular weight is 636 g/mol. The summed E-state index contributed by atoms with van der Waals surface area (Å²) in [4.78, 5) is 31.5. The second-order valence-electron chi connectivity index (χ2n) is 9.70. The van der Waals surface area contributed by atoms with Crippen molar-refractivity contribution >= 4 is 23.3 Å². The molecule has 1 amide bonds. The Balaban J connectivity index is 1.50. The van der Waals surface area contributed by atoms with Crippen LogP contribution in [0.4, 0.5) is 22.0 Å². The Labute approximate surface area is 249 Å². The first-order valence-electron chi connectivity index (χ1n) is 12.7. The van der Waals surface area contributed by atoms with Crippen LogP contribution in [-0.2, 0) is 23.6 Å². The van der Waals surface area contributed by atoms with E-state index in [1.807, 2.05) is 6.07 Å². The molecule has 1 saturated heterocycles. The van der Waals surface area contributed by atoms with Gasteiger partial charge in [0.15, 0.2) is 11.6 Å². The Morgan fingerprint density at radius 2 is 1.93 bits per heavy atom. The SMILES string of the molecule is Cc1cc(C#N)cc(C(=O)NC2COC2)c1CC(=O)c1cc(Cn2nnc(C(F)(F)C(F)(F)F)n2)nn1-c1ncccc1Cl. The Bertz CT molecular complexity index is 1790. The van der Waals surface area contributed by atoms with Crippen molar-refractivity contribution in [2.24, 2.45) is 0 Å². The molecule has 4 heterocycles. The number of ketones is 1. The minimum atomic E-state index is -5.94. The number of pyridine rings is 1. The van der Waals surface area contributed by atoms with Crippen molar-refractivity contribution in [2.45, 2.75) is 38.0 Å². The number of ether oxygens (including phenoxy) is 1. The third-order valence-corrected chi connectivity index (χ3v) is 6.83. The van der Waals surface area contributed by atoms with Crippen LogP contribution in [0.3, 0.4) is 0 Å². The van der Waals surface area contributed by atoms with Crippen molar-refractivity contribution in [1.29, 1.82) is 5.26 Å². The van der Waals surface area contributed by atoms with E-state index < -0.39 is 36.2 Å². The molecule has 4 aromatic rings. The number of nitrogens with zero attached hydrogens (tertiary/aromatic N) is 8. The number of tetrazole rings is 1. The number of rotatable bonds is 9. The van der Waals surface area contributed by atoms with E-state index in [9.17, 15) is 36.8 Å². The van der Waals surface area contributed by atoms with Gasteiger partial charge in [-0.05, 0) is 53.6 Å². The predicted octanol–water partition coefficient (Wildman–Crippen LogP) is 3.34. The van der Waals surface area contributed by atoms with Gasteiger partial charge in [-0.2, -0.15) is 37.1 Å². The second-order valence-corrected chi connectivity index (χ2v) is 10.1. The molecule has 228 valence electrons. The topological polar surface area (TPSA) is 154 Å². The molecule has 0 aliphatic carbocycles. The summed E-state index contributed by atoms with van der Waals surface area (Å²) in [5.74, 6) is -8.28. The van der Waals surface area contributed by atoms with Crippen LogP contribution in [0.15, 0.2) is 36.5 Å². The summed E-state index contributed by atoms with van der Waals surface area (Å²) in [6.07, 6.45) is -4.91. The fraction of sp³-hybridized carbons (Fsp3) is 0.308. The van der Waals surface area contributed by atoms with Crippen LogP contribution < -0.4 is 5.32 Å². The third kappa shape index (κ3) is 5.98. The molecule has 5 rings (SSSR count). The molecule has 1 N–H and O–H groups in total. The van der Waals surface area contributed by atoms with Crippen molar-refractivity contribution in [2.75, 3.05) is 13.2 Å². The maximum atomic E-state index is 13.8. The first-order valence-corrected chi connectivity index (χ1v) is 13.0. The molecule has 0 spiro atoms. The Morgan fingerprint density at radius 1 is 1.18 bits per heavy atom. The van der Waals surface area contributed by atoms with Gasteiger partial charge < -0.3 is 10.1 Å². The molecule has 18 heteroatoms. The molecule has 0 bridgehead atoms. The second kappa shape index (κ2) is 11.7. The molecule has 1 fully saturated rings. The predicted molar refractivity (Wildman–Crippen MR) is 139 cm³/mol. The molecule has 1 aliphatic rings. The number of halogens is 6. The van der Waals surface area contributed by atoms with Crippen LogP contribution in [0.2, 0.25) is 5.02 Å². The Morgan fingerprint density at radius 3 is 2.57 bits per heavy atom. The van der Waals surface area contributed by atoms with Gasteiger partial charge >= 0.3 is 12.1 Å². The lowest BCUT2D eigenvalue weighted by atomic mass is 9.93. The smallest absolute Gasteiger partial charge is 0.377 e. The van der Waals surface area contributed by atoms with Gasteiger partial charge in [0.05, 0.1) is 41.6 Å². The molecular formula is C26H19ClF5N9O3. The number of aromatic nitrogens is 7. The van der Waals surface area contributed by atoms with Crippen molar-refractivity contribution in [3.63, 3.8) is 0 Å². The minimum absolute atomic E-state index is 0.0131. The number of hydrogen-bond donors (Lipinski definition) is 1. The van der Waals surface area contributed by atoms with E-state index in [0.717, 1.165) is 4.68 Å². The summed E-state index contributed by atoms with van der Waals surface area (Å²) in [7, 11) is 0. The van der Waals surface area contributed by atoms with Gasteiger partial charge in [0, 0.05) is 18.2 Å². The minimum Gasteiger partial charge on any atom is -0.377 e. The summed E-state index contributed by atoms with van der Waals surface area (Å²) in [5, 5.41) is 25.8. The van der Waals surface area contributed by atoms with E-state index in [-0.39, 0.29) is 45.8 Å². The van der Waals surface area contributed by atoms with Crippen LogP contribution in [0.25, 0.3) is 5.82 Å². The first-order chi connectivity index (χ1) is 20.8. The fourth-order valence-electron chi connectivity index (χ4n) is 4.26. The summed E-state index contributed by atoms with van der Waals surface area (Å²) >= 11 is 6.30. The number of alkyl halides is 5. The van der Waals surface area contributed by atoms with Crippen LogP contribution in [0.5, 0.6) is 0 Å². The highest BCUT2D eigenvalue weighted by Gasteiger charge is 2.62. The first kappa shape index (κ1) is 30.6. The Hall–Kier alpha value is -4.82. The molecule has 44 heavy (non-hydrogen) atoms. The number of hydrogen-bond acceptors (Lipinski definition) is 9. The summed E-state index contributed by atoms with van der Waals surface area (Å²) < 4.78 is 71.8. The van der Waals surface area contributed by atoms with E-state index >= 15 is 0 Å². The number of aryl methyl sites for hydroxylation is 1. The molecule has 1 aliphatic heterocycles. The zero-order valence-electron chi connectivity index (χ0n) is 22.4. The van der Waals surface area contributed by atoms with E-state index in [1.165, 1.54) is 36.5 Å². The van der Waals surface area contributed by atoms with Gasteiger partial charge in [-0.1, -0.05) is 11.6 Å². The number of nitrogens with one attached hydrogen (secondary N) is 1. The monoisotopic (exact) mass is 635 g/mol. The molecule has 0 radical (unpaired) electrons. The van der Waals surface area contributed by atoms with Crippen molar-refractivity contribution in [3.05, 3.63) is 81.0 Å². The Kier molecular flexibility index (Phi) is 8.14. The van der Waals surface area contributed by atoms with Crippen molar-refractivity contribution < 1.29 is 36.3 Å². The maximum absolute atomic E-state index is 13.8. The lowest BCUT2D eigenvalue weighted by molar-refractivity contribution is -0.292. The van der Waals surface area contributed by atoms with Gasteiger partial charge in [0.1, 0.15) is 12.2 Å². The average Bonchev–Trinajstić information content (AvgIpc) is 3.59. The summed E-state index contributed by atoms with van der Waals surface area (Å²) in [6.45, 7) is 1.72. The summed E-state index contributed by atoms with van der Waals surface area (Å²) in [6, 6.07) is 8.89. The molecular weight excluding hydrogens is 617 g/mol.